The zero-order chi connectivity index (χ0) is 22.9. The highest BCUT2D eigenvalue weighted by molar-refractivity contribution is 6.30. The summed E-state index contributed by atoms with van der Waals surface area (Å²) in [5.41, 5.74) is 6.60. The molecule has 5 rings (SSSR count). The average Bonchev–Trinajstić information content (AvgIpc) is 3.38. The predicted octanol–water partition coefficient (Wildman–Crippen LogP) is 5.84. The third kappa shape index (κ3) is 4.00. The van der Waals surface area contributed by atoms with Gasteiger partial charge >= 0.3 is 0 Å². The molecule has 0 spiro atoms. The number of ether oxygens (including phenoxy) is 1. The lowest BCUT2D eigenvalue weighted by Gasteiger charge is -2.26. The molecule has 3 aromatic carbocycles. The van der Waals surface area contributed by atoms with Crippen LogP contribution < -0.4 is 4.74 Å². The van der Waals surface area contributed by atoms with Gasteiger partial charge in [-0.3, -0.25) is 9.89 Å². The van der Waals surface area contributed by atoms with E-state index in [9.17, 15) is 4.79 Å². The molecular formula is C27H24ClN3O2. The second-order valence-electron chi connectivity index (χ2n) is 8.28. The topological polar surface area (TPSA) is 58.2 Å². The highest BCUT2D eigenvalue weighted by Gasteiger charge is 2.41. The lowest BCUT2D eigenvalue weighted by atomic mass is 9.95. The number of nitrogens with one attached hydrogen (secondary N) is 1. The van der Waals surface area contributed by atoms with Crippen LogP contribution in [0.2, 0.25) is 5.02 Å². The highest BCUT2D eigenvalue weighted by atomic mass is 35.5. The summed E-state index contributed by atoms with van der Waals surface area (Å²) in [5.74, 6) is 0.781. The molecule has 1 unspecified atom stereocenters. The summed E-state index contributed by atoms with van der Waals surface area (Å²) in [5, 5.41) is 8.23. The number of aromatic nitrogens is 2. The van der Waals surface area contributed by atoms with Crippen molar-refractivity contribution in [1.29, 1.82) is 0 Å². The van der Waals surface area contributed by atoms with Gasteiger partial charge in [-0.15, -0.1) is 0 Å². The van der Waals surface area contributed by atoms with Gasteiger partial charge in [0, 0.05) is 22.7 Å². The van der Waals surface area contributed by atoms with E-state index in [1.54, 1.807) is 7.11 Å². The summed E-state index contributed by atoms with van der Waals surface area (Å²) in [6.45, 7) is 2.63. The number of carbonyl (C=O) groups excluding carboxylic acids is 1. The van der Waals surface area contributed by atoms with Crippen molar-refractivity contribution in [3.05, 3.63) is 106 Å². The number of rotatable bonds is 6. The number of aryl methyl sites for hydroxylation is 1. The third-order valence-electron chi connectivity index (χ3n) is 6.17. The van der Waals surface area contributed by atoms with Crippen molar-refractivity contribution in [3.8, 4) is 17.0 Å². The van der Waals surface area contributed by atoms with Crippen molar-refractivity contribution in [2.24, 2.45) is 0 Å². The van der Waals surface area contributed by atoms with Crippen LogP contribution in [-0.4, -0.2) is 34.7 Å². The van der Waals surface area contributed by atoms with Crippen LogP contribution in [0.4, 0.5) is 0 Å². The second-order valence-corrected chi connectivity index (χ2v) is 8.71. The van der Waals surface area contributed by atoms with Gasteiger partial charge in [0.2, 0.25) is 0 Å². The van der Waals surface area contributed by atoms with Crippen LogP contribution in [0.3, 0.4) is 0 Å². The van der Waals surface area contributed by atoms with E-state index in [2.05, 4.69) is 41.4 Å². The Morgan fingerprint density at radius 1 is 1.00 bits per heavy atom. The molecule has 166 valence electrons. The van der Waals surface area contributed by atoms with Gasteiger partial charge in [0.1, 0.15) is 11.4 Å². The Kier molecular flexibility index (Phi) is 5.65. The summed E-state index contributed by atoms with van der Waals surface area (Å²) in [7, 11) is 1.65. The molecule has 0 bridgehead atoms. The maximum Gasteiger partial charge on any atom is 0.273 e. The monoisotopic (exact) mass is 457 g/mol. The second kappa shape index (κ2) is 8.75. The van der Waals surface area contributed by atoms with Crippen LogP contribution >= 0.6 is 11.6 Å². The van der Waals surface area contributed by atoms with E-state index in [4.69, 9.17) is 16.3 Å². The lowest BCUT2D eigenvalue weighted by Crippen LogP contribution is -2.31. The standard InChI is InChI=1S/C27H24ClN3O2/c1-17-3-7-19(8-4-17)24-23-25(30-29-24)27(32)31(26(23)20-9-11-21(28)12-10-20)16-15-18-5-13-22(33-2)14-6-18/h3-14,26H,15-16H2,1-2H3,(H,29,30). The van der Waals surface area contributed by atoms with Crippen molar-refractivity contribution < 1.29 is 9.53 Å². The molecule has 0 saturated heterocycles. The first-order valence-electron chi connectivity index (χ1n) is 10.9. The van der Waals surface area contributed by atoms with E-state index in [-0.39, 0.29) is 11.9 Å². The average molecular weight is 458 g/mol. The Labute approximate surface area is 198 Å². The largest absolute Gasteiger partial charge is 0.497 e. The maximum absolute atomic E-state index is 13.5. The maximum atomic E-state index is 13.5. The van der Waals surface area contributed by atoms with Gasteiger partial charge in [0.15, 0.2) is 0 Å². The zero-order valence-corrected chi connectivity index (χ0v) is 19.3. The van der Waals surface area contributed by atoms with Gasteiger partial charge in [-0.1, -0.05) is 65.7 Å². The SMILES string of the molecule is COc1ccc(CCN2C(=O)c3[nH]nc(-c4ccc(C)cc4)c3C2c2ccc(Cl)cc2)cc1. The molecule has 1 N–H and O–H groups in total. The van der Waals surface area contributed by atoms with Crippen molar-refractivity contribution in [1.82, 2.24) is 15.1 Å². The Morgan fingerprint density at radius 2 is 1.70 bits per heavy atom. The molecule has 0 radical (unpaired) electrons. The van der Waals surface area contributed by atoms with Crippen LogP contribution in [0.15, 0.2) is 72.8 Å². The molecule has 0 aliphatic carbocycles. The number of nitrogens with zero attached hydrogens (tertiary/aromatic N) is 2. The number of hydrogen-bond acceptors (Lipinski definition) is 3. The van der Waals surface area contributed by atoms with Crippen molar-refractivity contribution in [2.75, 3.05) is 13.7 Å². The van der Waals surface area contributed by atoms with E-state index < -0.39 is 0 Å². The number of fused-ring (bicyclic) bond motifs is 1. The normalized spacial score (nSPS) is 15.1. The molecule has 2 heterocycles. The summed E-state index contributed by atoms with van der Waals surface area (Å²) in [4.78, 5) is 15.4. The third-order valence-corrected chi connectivity index (χ3v) is 6.43. The molecule has 0 saturated carbocycles. The number of benzene rings is 3. The minimum absolute atomic E-state index is 0.0377. The van der Waals surface area contributed by atoms with Gasteiger partial charge < -0.3 is 9.64 Å². The minimum Gasteiger partial charge on any atom is -0.497 e. The summed E-state index contributed by atoms with van der Waals surface area (Å²) in [6, 6.07) is 23.7. The Morgan fingerprint density at radius 3 is 2.36 bits per heavy atom. The van der Waals surface area contributed by atoms with Gasteiger partial charge in [0.25, 0.3) is 5.91 Å². The summed E-state index contributed by atoms with van der Waals surface area (Å²) >= 11 is 6.16. The fraction of sp³-hybridized carbons (Fsp3) is 0.185. The Hall–Kier alpha value is -3.57. The minimum atomic E-state index is -0.238. The first kappa shape index (κ1) is 21.3. The smallest absolute Gasteiger partial charge is 0.273 e. The molecule has 0 fully saturated rings. The number of H-pyrrole nitrogens is 1. The lowest BCUT2D eigenvalue weighted by molar-refractivity contribution is 0.0746. The fourth-order valence-electron chi connectivity index (χ4n) is 4.39. The first-order valence-corrected chi connectivity index (χ1v) is 11.3. The molecule has 1 amide bonds. The van der Waals surface area contributed by atoms with Crippen LogP contribution in [-0.2, 0) is 6.42 Å². The Balaban J connectivity index is 1.53. The van der Waals surface area contributed by atoms with Crippen LogP contribution in [0, 0.1) is 6.92 Å². The number of hydrogen-bond donors (Lipinski definition) is 1. The number of aromatic amines is 1. The van der Waals surface area contributed by atoms with Gasteiger partial charge in [0.05, 0.1) is 18.8 Å². The zero-order valence-electron chi connectivity index (χ0n) is 18.5. The van der Waals surface area contributed by atoms with Crippen molar-refractivity contribution in [3.63, 3.8) is 0 Å². The molecule has 4 aromatic rings. The quantitative estimate of drug-likeness (QED) is 0.396. The molecular weight excluding hydrogens is 434 g/mol. The molecule has 6 heteroatoms. The number of carbonyl (C=O) groups is 1. The Bertz CT molecular complexity index is 1280. The van der Waals surface area contributed by atoms with E-state index in [0.29, 0.717) is 17.3 Å². The number of methoxy groups -OCH3 is 1. The van der Waals surface area contributed by atoms with Gasteiger partial charge in [-0.2, -0.15) is 5.10 Å². The van der Waals surface area contributed by atoms with Crippen molar-refractivity contribution >= 4 is 17.5 Å². The van der Waals surface area contributed by atoms with Crippen LogP contribution in [0.1, 0.15) is 38.8 Å². The van der Waals surface area contributed by atoms with Gasteiger partial charge in [-0.25, -0.2) is 0 Å². The number of amides is 1. The molecule has 33 heavy (non-hydrogen) atoms. The number of halogens is 1. The van der Waals surface area contributed by atoms with E-state index in [1.807, 2.05) is 53.4 Å². The molecule has 5 nitrogen and oxygen atoms in total. The van der Waals surface area contributed by atoms with E-state index >= 15 is 0 Å². The van der Waals surface area contributed by atoms with Gasteiger partial charge in [-0.05, 0) is 48.7 Å². The highest BCUT2D eigenvalue weighted by Crippen LogP contribution is 2.43. The molecule has 1 aromatic heterocycles. The molecule has 1 aliphatic rings. The summed E-state index contributed by atoms with van der Waals surface area (Å²) < 4.78 is 5.26. The first-order chi connectivity index (χ1) is 16.0. The molecule has 1 atom stereocenters. The van der Waals surface area contributed by atoms with Crippen LogP contribution in [0.25, 0.3) is 11.3 Å². The van der Waals surface area contributed by atoms with E-state index in [0.717, 1.165) is 40.1 Å². The predicted molar refractivity (Wildman–Crippen MR) is 130 cm³/mol. The molecule has 1 aliphatic heterocycles. The van der Waals surface area contributed by atoms with E-state index in [1.165, 1.54) is 5.56 Å². The fourth-order valence-corrected chi connectivity index (χ4v) is 4.52. The summed E-state index contributed by atoms with van der Waals surface area (Å²) in [6.07, 6.45) is 0.734. The van der Waals surface area contributed by atoms with Crippen molar-refractivity contribution in [2.45, 2.75) is 19.4 Å². The van der Waals surface area contributed by atoms with Crippen LogP contribution in [0.5, 0.6) is 5.75 Å².